The average molecular weight is 260 g/mol. The van der Waals surface area contributed by atoms with Crippen LogP contribution in [-0.2, 0) is 4.43 Å². The van der Waals surface area contributed by atoms with E-state index in [2.05, 4.69) is 48.5 Å². The molecule has 0 saturated carbocycles. The summed E-state index contributed by atoms with van der Waals surface area (Å²) in [5, 5.41) is 8.95. The van der Waals surface area contributed by atoms with Crippen LogP contribution in [-0.4, -0.2) is 26.6 Å². The van der Waals surface area contributed by atoms with Crippen molar-refractivity contribution in [1.29, 1.82) is 0 Å². The Morgan fingerprint density at radius 2 is 1.29 bits per heavy atom. The summed E-state index contributed by atoms with van der Waals surface area (Å²) in [7, 11) is -1.70. The Morgan fingerprint density at radius 1 is 0.882 bits per heavy atom. The SMILES string of the molecule is CC(C)[Si](OC[C@H](C)CCO)(C(C)C)C(C)C. The predicted molar refractivity (Wildman–Crippen MR) is 77.9 cm³/mol. The molecule has 0 aliphatic rings. The fourth-order valence-electron chi connectivity index (χ4n) is 3.09. The molecule has 0 rings (SSSR count). The lowest BCUT2D eigenvalue weighted by Gasteiger charge is -2.42. The number of hydrogen-bond donors (Lipinski definition) is 1. The summed E-state index contributed by atoms with van der Waals surface area (Å²) < 4.78 is 6.46. The third kappa shape index (κ3) is 4.38. The minimum atomic E-state index is -1.70. The predicted octanol–water partition coefficient (Wildman–Crippen LogP) is 4.20. The molecular weight excluding hydrogens is 228 g/mol. The van der Waals surface area contributed by atoms with Crippen molar-refractivity contribution in [3.05, 3.63) is 0 Å². The first-order chi connectivity index (χ1) is 7.78. The normalized spacial score (nSPS) is 15.0. The average Bonchev–Trinajstić information content (AvgIpc) is 2.17. The van der Waals surface area contributed by atoms with Crippen LogP contribution in [0, 0.1) is 5.92 Å². The molecule has 0 spiro atoms. The van der Waals surface area contributed by atoms with Gasteiger partial charge in [0.2, 0.25) is 0 Å². The van der Waals surface area contributed by atoms with Gasteiger partial charge in [-0.3, -0.25) is 0 Å². The van der Waals surface area contributed by atoms with Gasteiger partial charge in [-0.15, -0.1) is 0 Å². The second-order valence-electron chi connectivity index (χ2n) is 6.25. The van der Waals surface area contributed by atoms with Crippen molar-refractivity contribution < 1.29 is 9.53 Å². The zero-order chi connectivity index (χ0) is 13.6. The van der Waals surface area contributed by atoms with Gasteiger partial charge in [-0.05, 0) is 29.0 Å². The van der Waals surface area contributed by atoms with E-state index in [4.69, 9.17) is 9.53 Å². The first-order valence-electron chi connectivity index (χ1n) is 7.03. The minimum Gasteiger partial charge on any atom is -0.416 e. The fourth-order valence-corrected chi connectivity index (χ4v) is 8.66. The van der Waals surface area contributed by atoms with Crippen LogP contribution < -0.4 is 0 Å². The molecular formula is C14H32O2Si. The molecule has 1 atom stereocenters. The molecule has 0 aliphatic carbocycles. The van der Waals surface area contributed by atoms with Crippen molar-refractivity contribution in [2.45, 2.75) is 71.5 Å². The molecule has 104 valence electrons. The van der Waals surface area contributed by atoms with E-state index < -0.39 is 8.32 Å². The maximum Gasteiger partial charge on any atom is 0.200 e. The van der Waals surface area contributed by atoms with Gasteiger partial charge in [-0.2, -0.15) is 0 Å². The van der Waals surface area contributed by atoms with Crippen molar-refractivity contribution in [3.63, 3.8) is 0 Å². The smallest absolute Gasteiger partial charge is 0.200 e. The second kappa shape index (κ2) is 7.55. The van der Waals surface area contributed by atoms with E-state index in [9.17, 15) is 0 Å². The van der Waals surface area contributed by atoms with E-state index in [1.54, 1.807) is 0 Å². The van der Waals surface area contributed by atoms with Crippen molar-refractivity contribution in [2.75, 3.05) is 13.2 Å². The molecule has 0 radical (unpaired) electrons. The maximum atomic E-state index is 8.95. The van der Waals surface area contributed by atoms with Crippen molar-refractivity contribution in [3.8, 4) is 0 Å². The molecule has 2 nitrogen and oxygen atoms in total. The molecule has 1 N–H and O–H groups in total. The van der Waals surface area contributed by atoms with Gasteiger partial charge in [0.05, 0.1) is 0 Å². The Balaban J connectivity index is 4.70. The van der Waals surface area contributed by atoms with Crippen LogP contribution >= 0.6 is 0 Å². The van der Waals surface area contributed by atoms with Crippen LogP contribution in [0.2, 0.25) is 16.6 Å². The zero-order valence-electron chi connectivity index (χ0n) is 12.8. The Labute approximate surface area is 109 Å². The summed E-state index contributed by atoms with van der Waals surface area (Å²) >= 11 is 0. The summed E-state index contributed by atoms with van der Waals surface area (Å²) in [6.07, 6.45) is 0.846. The highest BCUT2D eigenvalue weighted by atomic mass is 28.4. The monoisotopic (exact) mass is 260 g/mol. The van der Waals surface area contributed by atoms with Crippen LogP contribution in [0.25, 0.3) is 0 Å². The van der Waals surface area contributed by atoms with Gasteiger partial charge in [0.25, 0.3) is 0 Å². The molecule has 17 heavy (non-hydrogen) atoms. The molecule has 3 heteroatoms. The molecule has 0 unspecified atom stereocenters. The molecule has 0 aromatic rings. The highest BCUT2D eigenvalue weighted by molar-refractivity contribution is 6.77. The van der Waals surface area contributed by atoms with E-state index in [1.807, 2.05) is 0 Å². The van der Waals surface area contributed by atoms with Gasteiger partial charge in [-0.25, -0.2) is 0 Å². The molecule has 0 aliphatic heterocycles. The largest absolute Gasteiger partial charge is 0.416 e. The minimum absolute atomic E-state index is 0.268. The molecule has 0 saturated heterocycles. The zero-order valence-corrected chi connectivity index (χ0v) is 13.8. The summed E-state index contributed by atoms with van der Waals surface area (Å²) in [5.41, 5.74) is 1.93. The first-order valence-corrected chi connectivity index (χ1v) is 9.17. The quantitative estimate of drug-likeness (QED) is 0.663. The van der Waals surface area contributed by atoms with Gasteiger partial charge in [0.15, 0.2) is 8.32 Å². The van der Waals surface area contributed by atoms with Gasteiger partial charge in [-0.1, -0.05) is 48.5 Å². The molecule has 0 bridgehead atoms. The van der Waals surface area contributed by atoms with Crippen molar-refractivity contribution in [2.24, 2.45) is 5.92 Å². The van der Waals surface area contributed by atoms with Crippen LogP contribution in [0.1, 0.15) is 54.9 Å². The Hall–Kier alpha value is 0.137. The lowest BCUT2D eigenvalue weighted by molar-refractivity contribution is 0.192. The van der Waals surface area contributed by atoms with Gasteiger partial charge < -0.3 is 9.53 Å². The molecule has 0 fully saturated rings. The topological polar surface area (TPSA) is 29.5 Å². The van der Waals surface area contributed by atoms with Crippen molar-refractivity contribution >= 4 is 8.32 Å². The Bertz CT molecular complexity index is 181. The summed E-state index contributed by atoms with van der Waals surface area (Å²) in [6, 6.07) is 0. The lowest BCUT2D eigenvalue weighted by atomic mass is 10.1. The van der Waals surface area contributed by atoms with Crippen LogP contribution in [0.15, 0.2) is 0 Å². The number of aliphatic hydroxyl groups is 1. The molecule has 0 aromatic carbocycles. The highest BCUT2D eigenvalue weighted by Gasteiger charge is 2.45. The van der Waals surface area contributed by atoms with E-state index in [1.165, 1.54) is 0 Å². The van der Waals surface area contributed by atoms with Crippen LogP contribution in [0.3, 0.4) is 0 Å². The molecule has 0 heterocycles. The maximum absolute atomic E-state index is 8.95. The van der Waals surface area contributed by atoms with Gasteiger partial charge >= 0.3 is 0 Å². The first kappa shape index (κ1) is 17.1. The number of hydrogen-bond acceptors (Lipinski definition) is 2. The summed E-state index contributed by atoms with van der Waals surface area (Å²) in [4.78, 5) is 0. The highest BCUT2D eigenvalue weighted by Crippen LogP contribution is 2.42. The van der Waals surface area contributed by atoms with E-state index in [0.29, 0.717) is 22.5 Å². The van der Waals surface area contributed by atoms with Crippen LogP contribution in [0.4, 0.5) is 0 Å². The Kier molecular flexibility index (Phi) is 7.61. The van der Waals surface area contributed by atoms with E-state index in [0.717, 1.165) is 13.0 Å². The number of aliphatic hydroxyl groups excluding tert-OH is 1. The number of rotatable bonds is 8. The lowest BCUT2D eigenvalue weighted by Crippen LogP contribution is -2.48. The van der Waals surface area contributed by atoms with E-state index >= 15 is 0 Å². The van der Waals surface area contributed by atoms with Gasteiger partial charge in [0, 0.05) is 13.2 Å². The summed E-state index contributed by atoms with van der Waals surface area (Å²) in [6.45, 7) is 17.1. The van der Waals surface area contributed by atoms with Gasteiger partial charge in [0.1, 0.15) is 0 Å². The Morgan fingerprint density at radius 3 is 1.59 bits per heavy atom. The summed E-state index contributed by atoms with van der Waals surface area (Å²) in [5.74, 6) is 0.461. The second-order valence-corrected chi connectivity index (χ2v) is 11.7. The molecule has 0 amide bonds. The fraction of sp³-hybridized carbons (Fsp3) is 1.00. The van der Waals surface area contributed by atoms with Crippen LogP contribution in [0.5, 0.6) is 0 Å². The molecule has 0 aromatic heterocycles. The standard InChI is InChI=1S/C14H32O2Si/c1-11(2)17(12(3)4,13(5)6)16-10-14(7)8-9-15/h11-15H,8-10H2,1-7H3/t14-/m1/s1. The third-order valence-corrected chi connectivity index (χ3v) is 10.0. The third-order valence-electron chi connectivity index (χ3n) is 3.95. The van der Waals surface area contributed by atoms with Crippen molar-refractivity contribution in [1.82, 2.24) is 0 Å². The van der Waals surface area contributed by atoms with E-state index in [-0.39, 0.29) is 6.61 Å².